The van der Waals surface area contributed by atoms with Gasteiger partial charge in [-0.15, -0.1) is 0 Å². The van der Waals surface area contributed by atoms with Crippen molar-refractivity contribution in [3.05, 3.63) is 24.3 Å². The summed E-state index contributed by atoms with van der Waals surface area (Å²) in [5, 5.41) is 49.5. The summed E-state index contributed by atoms with van der Waals surface area (Å²) >= 11 is 0. The number of hydrogen-bond acceptors (Lipinski definition) is 9. The van der Waals surface area contributed by atoms with E-state index in [0.717, 1.165) is 44.9 Å². The van der Waals surface area contributed by atoms with Crippen LogP contribution in [0.4, 0.5) is 0 Å². The number of aliphatic hydroxyl groups is 5. The van der Waals surface area contributed by atoms with Gasteiger partial charge >= 0.3 is 11.8 Å². The minimum atomic E-state index is -3.06. The molecule has 192 valence electrons. The molecule has 0 aromatic heterocycles. The summed E-state index contributed by atoms with van der Waals surface area (Å²) in [6.07, 6.45) is 14.6. The first kappa shape index (κ1) is 29.7. The van der Waals surface area contributed by atoms with Gasteiger partial charge in [0.05, 0.1) is 6.61 Å². The van der Waals surface area contributed by atoms with Crippen molar-refractivity contribution < 1.29 is 39.8 Å². The summed E-state index contributed by atoms with van der Waals surface area (Å²) in [5.41, 5.74) is 5.42. The number of rotatable bonds is 16. The van der Waals surface area contributed by atoms with E-state index in [4.69, 9.17) is 20.3 Å². The van der Waals surface area contributed by atoms with Crippen molar-refractivity contribution in [1.82, 2.24) is 0 Å². The highest BCUT2D eigenvalue weighted by Crippen LogP contribution is 2.35. The fraction of sp³-hybridized carbons (Fsp3) is 0.792. The van der Waals surface area contributed by atoms with Crippen LogP contribution < -0.4 is 5.73 Å². The molecule has 33 heavy (non-hydrogen) atoms. The molecule has 5 atom stereocenters. The molecule has 0 bridgehead atoms. The van der Waals surface area contributed by atoms with Gasteiger partial charge in [0, 0.05) is 6.42 Å². The van der Waals surface area contributed by atoms with Gasteiger partial charge in [0.25, 0.3) is 5.91 Å². The molecule has 1 unspecified atom stereocenters. The zero-order valence-electron chi connectivity index (χ0n) is 19.8. The Bertz CT molecular complexity index is 609. The molecule has 1 fully saturated rings. The van der Waals surface area contributed by atoms with Crippen LogP contribution in [-0.4, -0.2) is 68.1 Å². The van der Waals surface area contributed by atoms with Crippen LogP contribution in [0.2, 0.25) is 0 Å². The van der Waals surface area contributed by atoms with Crippen LogP contribution in [0.25, 0.3) is 0 Å². The van der Waals surface area contributed by atoms with E-state index in [0.29, 0.717) is 6.42 Å². The Morgan fingerprint density at radius 2 is 1.55 bits per heavy atom. The van der Waals surface area contributed by atoms with Gasteiger partial charge in [0.1, 0.15) is 12.2 Å². The summed E-state index contributed by atoms with van der Waals surface area (Å²) in [6.45, 7) is 1.43. The van der Waals surface area contributed by atoms with Gasteiger partial charge < -0.3 is 35.0 Å². The number of unbranched alkanes of at least 4 members (excludes halogenated alkanes) is 8. The Morgan fingerprint density at radius 3 is 2.15 bits per heavy atom. The second-order valence-corrected chi connectivity index (χ2v) is 8.62. The van der Waals surface area contributed by atoms with E-state index in [-0.39, 0.29) is 6.42 Å². The number of allylic oxidation sites excluding steroid dienone is 4. The van der Waals surface area contributed by atoms with Gasteiger partial charge in [-0.3, -0.25) is 10.5 Å². The maximum Gasteiger partial charge on any atom is 0.309 e. The molecule has 1 rings (SSSR count). The number of hydrogen-bond donors (Lipinski definition) is 6. The average molecular weight is 474 g/mol. The van der Waals surface area contributed by atoms with Crippen molar-refractivity contribution in [3.63, 3.8) is 0 Å². The van der Waals surface area contributed by atoms with Gasteiger partial charge in [-0.05, 0) is 38.5 Å². The van der Waals surface area contributed by atoms with E-state index >= 15 is 0 Å². The Kier molecular flexibility index (Phi) is 14.0. The van der Waals surface area contributed by atoms with Crippen molar-refractivity contribution in [1.29, 1.82) is 0 Å². The van der Waals surface area contributed by atoms with E-state index in [1.807, 2.05) is 0 Å². The highest BCUT2D eigenvalue weighted by Gasteiger charge is 2.65. The minimum absolute atomic E-state index is 0.0604. The SMILES string of the molecule is CCCCC/C=C\C/C=C\CCCCCCCC(=O)O[C@]1(O)[C@@H](O)[C@H](O)[C@@H](CO)OC1(N)O. The Morgan fingerprint density at radius 1 is 0.970 bits per heavy atom. The number of aliphatic hydroxyl groups excluding tert-OH is 3. The molecule has 1 aliphatic heterocycles. The summed E-state index contributed by atoms with van der Waals surface area (Å²) in [7, 11) is 0. The molecular formula is C24H43NO8. The number of nitrogens with two attached hydrogens (primary N) is 1. The topological polar surface area (TPSA) is 163 Å². The Balaban J connectivity index is 2.18. The molecule has 1 saturated heterocycles. The molecular weight excluding hydrogens is 430 g/mol. The van der Waals surface area contributed by atoms with Crippen LogP contribution in [0.15, 0.2) is 24.3 Å². The number of carbonyl (C=O) groups is 1. The maximum absolute atomic E-state index is 12.1. The lowest BCUT2D eigenvalue weighted by molar-refractivity contribution is -0.445. The van der Waals surface area contributed by atoms with Crippen LogP contribution in [0.1, 0.15) is 84.0 Å². The van der Waals surface area contributed by atoms with Gasteiger partial charge in [0.15, 0.2) is 6.10 Å². The fourth-order valence-corrected chi connectivity index (χ4v) is 3.62. The predicted molar refractivity (Wildman–Crippen MR) is 124 cm³/mol. The van der Waals surface area contributed by atoms with Gasteiger partial charge in [0.2, 0.25) is 0 Å². The normalized spacial score (nSPS) is 30.3. The molecule has 0 aromatic carbocycles. The third kappa shape index (κ3) is 9.82. The van der Waals surface area contributed by atoms with Crippen LogP contribution >= 0.6 is 0 Å². The largest absolute Gasteiger partial charge is 0.423 e. The van der Waals surface area contributed by atoms with E-state index in [1.165, 1.54) is 19.3 Å². The van der Waals surface area contributed by atoms with E-state index in [9.17, 15) is 25.2 Å². The summed E-state index contributed by atoms with van der Waals surface area (Å²) in [6, 6.07) is 0. The fourth-order valence-electron chi connectivity index (χ4n) is 3.62. The van der Waals surface area contributed by atoms with E-state index < -0.39 is 42.6 Å². The third-order valence-corrected chi connectivity index (χ3v) is 5.73. The number of ether oxygens (including phenoxy) is 2. The molecule has 0 radical (unpaired) electrons. The second-order valence-electron chi connectivity index (χ2n) is 8.62. The van der Waals surface area contributed by atoms with Crippen molar-refractivity contribution in [2.45, 2.75) is 114 Å². The van der Waals surface area contributed by atoms with Crippen molar-refractivity contribution >= 4 is 5.97 Å². The van der Waals surface area contributed by atoms with Crippen molar-refractivity contribution in [2.75, 3.05) is 6.61 Å². The lowest BCUT2D eigenvalue weighted by Gasteiger charge is -2.49. The number of carbonyl (C=O) groups excluding carboxylic acids is 1. The summed E-state index contributed by atoms with van der Waals surface area (Å²) < 4.78 is 9.59. The number of esters is 1. The van der Waals surface area contributed by atoms with Gasteiger partial charge in [-0.1, -0.05) is 63.3 Å². The molecule has 0 saturated carbocycles. The zero-order valence-corrected chi connectivity index (χ0v) is 19.8. The minimum Gasteiger partial charge on any atom is -0.423 e. The molecule has 9 nitrogen and oxygen atoms in total. The van der Waals surface area contributed by atoms with Crippen molar-refractivity contribution in [3.8, 4) is 0 Å². The first-order valence-corrected chi connectivity index (χ1v) is 12.1. The van der Waals surface area contributed by atoms with Gasteiger partial charge in [-0.25, -0.2) is 0 Å². The zero-order chi connectivity index (χ0) is 24.7. The quantitative estimate of drug-likeness (QED) is 0.0848. The maximum atomic E-state index is 12.1. The third-order valence-electron chi connectivity index (χ3n) is 5.73. The van der Waals surface area contributed by atoms with E-state index in [1.54, 1.807) is 0 Å². The summed E-state index contributed by atoms with van der Waals surface area (Å²) in [5.74, 6) is -6.96. The van der Waals surface area contributed by atoms with Crippen LogP contribution in [-0.2, 0) is 14.3 Å². The lowest BCUT2D eigenvalue weighted by atomic mass is 9.93. The van der Waals surface area contributed by atoms with Crippen LogP contribution in [0, 0.1) is 0 Å². The molecule has 0 amide bonds. The molecule has 9 heteroatoms. The highest BCUT2D eigenvalue weighted by molar-refractivity contribution is 5.69. The molecule has 7 N–H and O–H groups in total. The van der Waals surface area contributed by atoms with Crippen LogP contribution in [0.5, 0.6) is 0 Å². The molecule has 1 heterocycles. The molecule has 1 aliphatic rings. The first-order valence-electron chi connectivity index (χ1n) is 12.1. The molecule has 0 aromatic rings. The lowest BCUT2D eigenvalue weighted by Crippen LogP contribution is -2.77. The molecule has 0 spiro atoms. The average Bonchev–Trinajstić information content (AvgIpc) is 2.78. The predicted octanol–water partition coefficient (Wildman–Crippen LogP) is 1.75. The standard InChI is InChI=1S/C24H43NO8/c1-2-3-4-5-6-7-8-9-10-11-12-13-14-15-16-17-20(27)33-23(30)22(29)21(28)19(18-26)32-24(23,25)31/h6-7,9-10,19,21-22,26,28-31H,2-5,8,11-18,25H2,1H3/b7-6-,10-9-/t19-,21-,22+,23-,24?/m1/s1. The molecule has 0 aliphatic carbocycles. The van der Waals surface area contributed by atoms with E-state index in [2.05, 4.69) is 31.2 Å². The first-order chi connectivity index (χ1) is 15.7. The van der Waals surface area contributed by atoms with Gasteiger partial charge in [-0.2, -0.15) is 0 Å². The van der Waals surface area contributed by atoms with Crippen LogP contribution in [0.3, 0.4) is 0 Å². The summed E-state index contributed by atoms with van der Waals surface area (Å²) in [4.78, 5) is 12.1. The Hall–Kier alpha value is -1.33. The second kappa shape index (κ2) is 15.5. The monoisotopic (exact) mass is 473 g/mol. The smallest absolute Gasteiger partial charge is 0.309 e. The Labute approximate surface area is 196 Å². The van der Waals surface area contributed by atoms with Crippen molar-refractivity contribution in [2.24, 2.45) is 5.73 Å². The highest BCUT2D eigenvalue weighted by atomic mass is 16.8.